The maximum Gasteiger partial charge on any atom is 0.244 e. The third-order valence-corrected chi connectivity index (χ3v) is 4.36. The fourth-order valence-corrected chi connectivity index (χ4v) is 3.09. The van der Waals surface area contributed by atoms with E-state index in [4.69, 9.17) is 4.74 Å². The van der Waals surface area contributed by atoms with Gasteiger partial charge in [-0.1, -0.05) is 30.3 Å². The SMILES string of the molecule is COc1ccccc1NC(=O)CN1c2ccccc2CCC1C. The van der Waals surface area contributed by atoms with Crippen molar-refractivity contribution >= 4 is 17.3 Å². The molecular weight excluding hydrogens is 288 g/mol. The Labute approximate surface area is 137 Å². The summed E-state index contributed by atoms with van der Waals surface area (Å²) >= 11 is 0. The Morgan fingerprint density at radius 3 is 2.78 bits per heavy atom. The fourth-order valence-electron chi connectivity index (χ4n) is 3.09. The number of nitrogens with one attached hydrogen (secondary N) is 1. The van der Waals surface area contributed by atoms with Gasteiger partial charge in [-0.2, -0.15) is 0 Å². The van der Waals surface area contributed by atoms with Crippen LogP contribution in [0.25, 0.3) is 0 Å². The molecule has 0 aliphatic carbocycles. The molecule has 1 unspecified atom stereocenters. The van der Waals surface area contributed by atoms with Crippen molar-refractivity contribution in [2.24, 2.45) is 0 Å². The van der Waals surface area contributed by atoms with E-state index in [9.17, 15) is 4.79 Å². The predicted octanol–water partition coefficient (Wildman–Crippen LogP) is 3.48. The minimum atomic E-state index is -0.0296. The van der Waals surface area contributed by atoms with Crippen molar-refractivity contribution < 1.29 is 9.53 Å². The number of methoxy groups -OCH3 is 1. The fraction of sp³-hybridized carbons (Fsp3) is 0.316. The van der Waals surface area contributed by atoms with Crippen molar-refractivity contribution in [1.82, 2.24) is 0 Å². The van der Waals surface area contributed by atoms with Crippen LogP contribution in [0.2, 0.25) is 0 Å². The molecule has 2 aromatic carbocycles. The Morgan fingerprint density at radius 1 is 1.22 bits per heavy atom. The average Bonchev–Trinajstić information content (AvgIpc) is 2.58. The van der Waals surface area contributed by atoms with E-state index in [1.807, 2.05) is 30.3 Å². The van der Waals surface area contributed by atoms with E-state index in [-0.39, 0.29) is 5.91 Å². The van der Waals surface area contributed by atoms with E-state index in [0.29, 0.717) is 24.0 Å². The number of hydrogen-bond acceptors (Lipinski definition) is 3. The molecule has 1 N–H and O–H groups in total. The van der Waals surface area contributed by atoms with Crippen LogP contribution >= 0.6 is 0 Å². The number of fused-ring (bicyclic) bond motifs is 1. The highest BCUT2D eigenvalue weighted by atomic mass is 16.5. The highest BCUT2D eigenvalue weighted by Crippen LogP contribution is 2.30. The molecule has 2 aromatic rings. The summed E-state index contributed by atoms with van der Waals surface area (Å²) < 4.78 is 5.29. The number of carbonyl (C=O) groups excluding carboxylic acids is 1. The summed E-state index contributed by atoms with van der Waals surface area (Å²) in [5.41, 5.74) is 3.19. The van der Waals surface area contributed by atoms with E-state index in [0.717, 1.165) is 12.8 Å². The zero-order valence-corrected chi connectivity index (χ0v) is 13.6. The smallest absolute Gasteiger partial charge is 0.244 e. The second-order valence-electron chi connectivity index (χ2n) is 5.89. The highest BCUT2D eigenvalue weighted by molar-refractivity contribution is 5.95. The lowest BCUT2D eigenvalue weighted by molar-refractivity contribution is -0.115. The Kier molecular flexibility index (Phi) is 4.51. The molecule has 0 spiro atoms. The van der Waals surface area contributed by atoms with Gasteiger partial charge in [0.25, 0.3) is 0 Å². The van der Waals surface area contributed by atoms with E-state index >= 15 is 0 Å². The summed E-state index contributed by atoms with van der Waals surface area (Å²) in [5, 5.41) is 2.95. The number of aryl methyl sites for hydroxylation is 1. The number of para-hydroxylation sites is 3. The number of ether oxygens (including phenoxy) is 1. The van der Waals surface area contributed by atoms with Crippen molar-refractivity contribution in [1.29, 1.82) is 0 Å². The number of benzene rings is 2. The third kappa shape index (κ3) is 3.31. The van der Waals surface area contributed by atoms with Crippen LogP contribution in [0.1, 0.15) is 18.9 Å². The zero-order valence-electron chi connectivity index (χ0n) is 13.6. The molecule has 23 heavy (non-hydrogen) atoms. The van der Waals surface area contributed by atoms with Gasteiger partial charge in [0.2, 0.25) is 5.91 Å². The summed E-state index contributed by atoms with van der Waals surface area (Å²) in [7, 11) is 1.61. The molecule has 3 rings (SSSR count). The van der Waals surface area contributed by atoms with E-state index in [1.54, 1.807) is 7.11 Å². The first-order chi connectivity index (χ1) is 11.2. The molecule has 4 nitrogen and oxygen atoms in total. The van der Waals surface area contributed by atoms with E-state index < -0.39 is 0 Å². The Morgan fingerprint density at radius 2 is 1.96 bits per heavy atom. The van der Waals surface area contributed by atoms with Crippen LogP contribution in [0, 0.1) is 0 Å². The molecule has 0 saturated heterocycles. The first kappa shape index (κ1) is 15.4. The summed E-state index contributed by atoms with van der Waals surface area (Å²) in [4.78, 5) is 14.7. The lowest BCUT2D eigenvalue weighted by Gasteiger charge is -2.36. The van der Waals surface area contributed by atoms with Gasteiger partial charge >= 0.3 is 0 Å². The van der Waals surface area contributed by atoms with Gasteiger partial charge in [-0.25, -0.2) is 0 Å². The van der Waals surface area contributed by atoms with Gasteiger partial charge < -0.3 is 15.0 Å². The molecule has 0 saturated carbocycles. The van der Waals surface area contributed by atoms with Crippen LogP contribution in [0.3, 0.4) is 0 Å². The summed E-state index contributed by atoms with van der Waals surface area (Å²) in [6.07, 6.45) is 2.14. The number of nitrogens with zero attached hydrogens (tertiary/aromatic N) is 1. The molecule has 1 heterocycles. The molecular formula is C19H22N2O2. The predicted molar refractivity (Wildman–Crippen MR) is 93.2 cm³/mol. The van der Waals surface area contributed by atoms with E-state index in [2.05, 4.69) is 35.3 Å². The molecule has 4 heteroatoms. The van der Waals surface area contributed by atoms with Crippen molar-refractivity contribution in [3.63, 3.8) is 0 Å². The zero-order chi connectivity index (χ0) is 16.2. The molecule has 0 aromatic heterocycles. The monoisotopic (exact) mass is 310 g/mol. The van der Waals surface area contributed by atoms with Crippen molar-refractivity contribution in [2.45, 2.75) is 25.8 Å². The summed E-state index contributed by atoms with van der Waals surface area (Å²) in [6, 6.07) is 16.2. The van der Waals surface area contributed by atoms with Gasteiger partial charge in [-0.05, 0) is 43.5 Å². The lowest BCUT2D eigenvalue weighted by atomic mass is 9.96. The van der Waals surface area contributed by atoms with Crippen LogP contribution < -0.4 is 15.0 Å². The number of rotatable bonds is 4. The largest absolute Gasteiger partial charge is 0.495 e. The number of hydrogen-bond donors (Lipinski definition) is 1. The second-order valence-corrected chi connectivity index (χ2v) is 5.89. The van der Waals surface area contributed by atoms with Crippen molar-refractivity contribution in [2.75, 3.05) is 23.9 Å². The first-order valence-electron chi connectivity index (χ1n) is 7.96. The number of amides is 1. The van der Waals surface area contributed by atoms with E-state index in [1.165, 1.54) is 11.3 Å². The second kappa shape index (κ2) is 6.73. The Bertz CT molecular complexity index is 699. The summed E-state index contributed by atoms with van der Waals surface area (Å²) in [5.74, 6) is 0.644. The van der Waals surface area contributed by atoms with Gasteiger partial charge in [0.1, 0.15) is 5.75 Å². The molecule has 0 fully saturated rings. The molecule has 0 radical (unpaired) electrons. The first-order valence-corrected chi connectivity index (χ1v) is 7.96. The van der Waals surface area contributed by atoms with Crippen LogP contribution in [-0.2, 0) is 11.2 Å². The van der Waals surface area contributed by atoms with Crippen LogP contribution in [0.4, 0.5) is 11.4 Å². The van der Waals surface area contributed by atoms with Crippen molar-refractivity contribution in [3.8, 4) is 5.75 Å². The van der Waals surface area contributed by atoms with Gasteiger partial charge in [-0.3, -0.25) is 4.79 Å². The normalized spacial score (nSPS) is 16.6. The molecule has 1 atom stereocenters. The van der Waals surface area contributed by atoms with Crippen LogP contribution in [-0.4, -0.2) is 25.6 Å². The molecule has 120 valence electrons. The third-order valence-electron chi connectivity index (χ3n) is 4.36. The number of anilines is 2. The van der Waals surface area contributed by atoms with Gasteiger partial charge in [-0.15, -0.1) is 0 Å². The molecule has 1 amide bonds. The molecule has 1 aliphatic rings. The topological polar surface area (TPSA) is 41.6 Å². The minimum absolute atomic E-state index is 0.0296. The standard InChI is InChI=1S/C19H22N2O2/c1-14-11-12-15-7-3-5-9-17(15)21(14)13-19(22)20-16-8-4-6-10-18(16)23-2/h3-10,14H,11-13H2,1-2H3,(H,20,22). The maximum absolute atomic E-state index is 12.5. The minimum Gasteiger partial charge on any atom is -0.495 e. The number of carbonyl (C=O) groups is 1. The van der Waals surface area contributed by atoms with Crippen LogP contribution in [0.15, 0.2) is 48.5 Å². The molecule has 0 bridgehead atoms. The van der Waals surface area contributed by atoms with Crippen molar-refractivity contribution in [3.05, 3.63) is 54.1 Å². The quantitative estimate of drug-likeness (QED) is 0.940. The van der Waals surface area contributed by atoms with Gasteiger partial charge in [0.05, 0.1) is 19.3 Å². The van der Waals surface area contributed by atoms with Gasteiger partial charge in [0.15, 0.2) is 0 Å². The van der Waals surface area contributed by atoms with Gasteiger partial charge in [0, 0.05) is 11.7 Å². The van der Waals surface area contributed by atoms with Crippen LogP contribution in [0.5, 0.6) is 5.75 Å². The highest BCUT2D eigenvalue weighted by Gasteiger charge is 2.24. The lowest BCUT2D eigenvalue weighted by Crippen LogP contribution is -2.42. The summed E-state index contributed by atoms with van der Waals surface area (Å²) in [6.45, 7) is 2.52. The Balaban J connectivity index is 1.75. The maximum atomic E-state index is 12.5. The molecule has 1 aliphatic heterocycles. The average molecular weight is 310 g/mol. The Hall–Kier alpha value is -2.49.